The first-order chi connectivity index (χ1) is 9.19. The summed E-state index contributed by atoms with van der Waals surface area (Å²) in [4.78, 5) is 25.5. The van der Waals surface area contributed by atoms with Crippen molar-refractivity contribution in [1.29, 1.82) is 0 Å². The highest BCUT2D eigenvalue weighted by atomic mass is 16.5. The van der Waals surface area contributed by atoms with Gasteiger partial charge in [-0.2, -0.15) is 5.10 Å². The minimum Gasteiger partial charge on any atom is -0.464 e. The molecule has 0 spiro atoms. The minimum absolute atomic E-state index is 0.0721. The van der Waals surface area contributed by atoms with Crippen LogP contribution in [0.15, 0.2) is 10.9 Å². The third-order valence-corrected chi connectivity index (χ3v) is 3.82. The highest BCUT2D eigenvalue weighted by Crippen LogP contribution is 2.22. The van der Waals surface area contributed by atoms with Gasteiger partial charge in [-0.05, 0) is 12.5 Å². The van der Waals surface area contributed by atoms with E-state index in [1.165, 1.54) is 4.68 Å². The van der Waals surface area contributed by atoms with Crippen molar-refractivity contribution >= 4 is 5.97 Å². The Labute approximate surface area is 111 Å². The van der Waals surface area contributed by atoms with E-state index in [1.807, 2.05) is 6.92 Å². The summed E-state index contributed by atoms with van der Waals surface area (Å²) < 4.78 is 6.49. The maximum Gasteiger partial charge on any atom is 0.323 e. The molecule has 0 aliphatic carbocycles. The van der Waals surface area contributed by atoms with Crippen LogP contribution in [0.25, 0.3) is 0 Å². The van der Waals surface area contributed by atoms with Crippen LogP contribution in [-0.4, -0.2) is 39.8 Å². The van der Waals surface area contributed by atoms with Gasteiger partial charge in [0.25, 0.3) is 5.56 Å². The monoisotopic (exact) mass is 263 g/mol. The van der Waals surface area contributed by atoms with E-state index in [9.17, 15) is 9.59 Å². The molecule has 3 rings (SSSR count). The lowest BCUT2D eigenvalue weighted by atomic mass is 10.0. The van der Waals surface area contributed by atoms with Gasteiger partial charge in [-0.25, -0.2) is 4.68 Å². The Morgan fingerprint density at radius 1 is 1.47 bits per heavy atom. The third-order valence-electron chi connectivity index (χ3n) is 3.82. The van der Waals surface area contributed by atoms with Gasteiger partial charge in [0.05, 0.1) is 12.3 Å². The van der Waals surface area contributed by atoms with Gasteiger partial charge in [0.1, 0.15) is 6.04 Å². The van der Waals surface area contributed by atoms with Gasteiger partial charge in [0.2, 0.25) is 0 Å². The molecule has 6 nitrogen and oxygen atoms in total. The lowest BCUT2D eigenvalue weighted by Gasteiger charge is -2.30. The summed E-state index contributed by atoms with van der Waals surface area (Å²) in [6, 6.07) is 1.50. The molecule has 0 aromatic carbocycles. The van der Waals surface area contributed by atoms with Gasteiger partial charge >= 0.3 is 5.97 Å². The number of hydrogen-bond donors (Lipinski definition) is 0. The summed E-state index contributed by atoms with van der Waals surface area (Å²) in [5.74, 6) is -0.140. The molecule has 1 aromatic rings. The van der Waals surface area contributed by atoms with Gasteiger partial charge in [-0.3, -0.25) is 14.5 Å². The van der Waals surface area contributed by atoms with Crippen LogP contribution in [0, 0.1) is 0 Å². The molecule has 0 amide bonds. The molecular weight excluding hydrogens is 246 g/mol. The van der Waals surface area contributed by atoms with Crippen molar-refractivity contribution in [2.75, 3.05) is 13.2 Å². The Bertz CT molecular complexity index is 567. The van der Waals surface area contributed by atoms with Crippen LogP contribution >= 0.6 is 0 Å². The summed E-state index contributed by atoms with van der Waals surface area (Å²) in [6.45, 7) is 4.40. The first-order valence-corrected chi connectivity index (χ1v) is 6.69. The van der Waals surface area contributed by atoms with E-state index >= 15 is 0 Å². The van der Waals surface area contributed by atoms with E-state index in [0.29, 0.717) is 19.7 Å². The molecule has 0 unspecified atom stereocenters. The van der Waals surface area contributed by atoms with Crippen molar-refractivity contribution in [3.63, 3.8) is 0 Å². The van der Waals surface area contributed by atoms with Crippen molar-refractivity contribution in [1.82, 2.24) is 14.7 Å². The van der Waals surface area contributed by atoms with Gasteiger partial charge in [0.15, 0.2) is 0 Å². The molecule has 1 saturated heterocycles. The van der Waals surface area contributed by atoms with E-state index in [-0.39, 0.29) is 17.6 Å². The lowest BCUT2D eigenvalue weighted by molar-refractivity contribution is -0.142. The third kappa shape index (κ3) is 2.16. The molecular formula is C13H17N3O3. The number of fused-ring (bicyclic) bond motifs is 1. The van der Waals surface area contributed by atoms with Crippen molar-refractivity contribution in [2.24, 2.45) is 0 Å². The van der Waals surface area contributed by atoms with Crippen molar-refractivity contribution < 1.29 is 9.53 Å². The molecule has 6 heteroatoms. The quantitative estimate of drug-likeness (QED) is 0.699. The fourth-order valence-corrected chi connectivity index (χ4v) is 2.77. The molecule has 1 aromatic heterocycles. The van der Waals surface area contributed by atoms with Crippen LogP contribution in [-0.2, 0) is 29.0 Å². The number of aryl methyl sites for hydroxylation is 1. The second-order valence-electron chi connectivity index (χ2n) is 4.96. The maximum absolute atomic E-state index is 11.8. The number of carbonyl (C=O) groups excluding carboxylic acids is 1. The SMILES string of the molecule is CCn1nc2c(cc1=O)CN([C@H]1CCOC1=O)CC2. The highest BCUT2D eigenvalue weighted by molar-refractivity contribution is 5.77. The highest BCUT2D eigenvalue weighted by Gasteiger charge is 2.34. The Kier molecular flexibility index (Phi) is 3.10. The maximum atomic E-state index is 11.8. The summed E-state index contributed by atoms with van der Waals surface area (Å²) >= 11 is 0. The van der Waals surface area contributed by atoms with Crippen LogP contribution in [0.1, 0.15) is 24.6 Å². The zero-order valence-corrected chi connectivity index (χ0v) is 11.0. The largest absolute Gasteiger partial charge is 0.464 e. The smallest absolute Gasteiger partial charge is 0.323 e. The number of cyclic esters (lactones) is 1. The zero-order chi connectivity index (χ0) is 13.4. The van der Waals surface area contributed by atoms with E-state index < -0.39 is 0 Å². The molecule has 1 atom stereocenters. The van der Waals surface area contributed by atoms with Crippen LogP contribution in [0.3, 0.4) is 0 Å². The molecule has 102 valence electrons. The predicted molar refractivity (Wildman–Crippen MR) is 67.6 cm³/mol. The fourth-order valence-electron chi connectivity index (χ4n) is 2.77. The molecule has 0 N–H and O–H groups in total. The molecule has 2 aliphatic heterocycles. The zero-order valence-electron chi connectivity index (χ0n) is 11.0. The standard InChI is InChI=1S/C13H17N3O3/c1-2-16-12(17)7-9-8-15(5-3-10(9)14-16)11-4-6-19-13(11)18/h7,11H,2-6,8H2,1H3/t11-/m0/s1. The van der Waals surface area contributed by atoms with Crippen LogP contribution < -0.4 is 5.56 Å². The predicted octanol–water partition coefficient (Wildman–Crippen LogP) is -0.0632. The number of rotatable bonds is 2. The topological polar surface area (TPSA) is 64.4 Å². The summed E-state index contributed by atoms with van der Waals surface area (Å²) in [5.41, 5.74) is 1.85. The van der Waals surface area contributed by atoms with E-state index in [1.54, 1.807) is 6.07 Å². The first-order valence-electron chi connectivity index (χ1n) is 6.69. The van der Waals surface area contributed by atoms with Crippen molar-refractivity contribution in [3.8, 4) is 0 Å². The fraction of sp³-hybridized carbons (Fsp3) is 0.615. The summed E-state index contributed by atoms with van der Waals surface area (Å²) in [5, 5.41) is 4.37. The average molecular weight is 263 g/mol. The first kappa shape index (κ1) is 12.3. The van der Waals surface area contributed by atoms with Crippen molar-refractivity contribution in [2.45, 2.75) is 38.9 Å². The Balaban J connectivity index is 1.86. The summed E-state index contributed by atoms with van der Waals surface area (Å²) in [6.07, 6.45) is 1.52. The van der Waals surface area contributed by atoms with E-state index in [0.717, 1.165) is 30.6 Å². The summed E-state index contributed by atoms with van der Waals surface area (Å²) in [7, 11) is 0. The average Bonchev–Trinajstić information content (AvgIpc) is 2.83. The van der Waals surface area contributed by atoms with Gasteiger partial charge in [0, 0.05) is 38.5 Å². The van der Waals surface area contributed by atoms with Crippen LogP contribution in [0.4, 0.5) is 0 Å². The molecule has 19 heavy (non-hydrogen) atoms. The number of aromatic nitrogens is 2. The Hall–Kier alpha value is -1.69. The van der Waals surface area contributed by atoms with Crippen molar-refractivity contribution in [3.05, 3.63) is 27.7 Å². The molecule has 1 fully saturated rings. The minimum atomic E-state index is -0.151. The normalized spacial score (nSPS) is 23.2. The molecule has 2 aliphatic rings. The second kappa shape index (κ2) is 4.77. The number of ether oxygens (including phenoxy) is 1. The Morgan fingerprint density at radius 2 is 2.32 bits per heavy atom. The van der Waals surface area contributed by atoms with Gasteiger partial charge in [-0.15, -0.1) is 0 Å². The second-order valence-corrected chi connectivity index (χ2v) is 4.96. The Morgan fingerprint density at radius 3 is 3.00 bits per heavy atom. The van der Waals surface area contributed by atoms with Gasteiger partial charge < -0.3 is 4.74 Å². The number of nitrogens with zero attached hydrogens (tertiary/aromatic N) is 3. The van der Waals surface area contributed by atoms with Crippen LogP contribution in [0.2, 0.25) is 0 Å². The number of carbonyl (C=O) groups is 1. The molecule has 0 bridgehead atoms. The van der Waals surface area contributed by atoms with E-state index in [4.69, 9.17) is 4.74 Å². The number of esters is 1. The molecule has 3 heterocycles. The molecule has 0 saturated carbocycles. The van der Waals surface area contributed by atoms with E-state index in [2.05, 4.69) is 10.00 Å². The van der Waals surface area contributed by atoms with Gasteiger partial charge in [-0.1, -0.05) is 0 Å². The number of hydrogen-bond acceptors (Lipinski definition) is 5. The van der Waals surface area contributed by atoms with Crippen LogP contribution in [0.5, 0.6) is 0 Å². The lowest BCUT2D eigenvalue weighted by Crippen LogP contribution is -2.43. The molecule has 0 radical (unpaired) electrons.